The maximum absolute atomic E-state index is 12.6. The summed E-state index contributed by atoms with van der Waals surface area (Å²) in [6.45, 7) is 0.410. The average molecular weight is 413 g/mol. The number of carbonyl (C=O) groups excluding carboxylic acids is 5. The van der Waals surface area contributed by atoms with Crippen LogP contribution in [0.3, 0.4) is 0 Å². The van der Waals surface area contributed by atoms with Crippen LogP contribution < -0.4 is 10.6 Å². The Balaban J connectivity index is 1.25. The fraction of sp³-hybridized carbons (Fsp3) is 0.476. The summed E-state index contributed by atoms with van der Waals surface area (Å²) >= 11 is 0. The lowest BCUT2D eigenvalue weighted by molar-refractivity contribution is -0.154. The van der Waals surface area contributed by atoms with Crippen LogP contribution in [0.25, 0.3) is 0 Å². The molecule has 158 valence electrons. The van der Waals surface area contributed by atoms with E-state index in [1.165, 1.54) is 6.92 Å². The summed E-state index contributed by atoms with van der Waals surface area (Å²) in [5.74, 6) is -2.17. The highest BCUT2D eigenvalue weighted by atomic mass is 16.5. The van der Waals surface area contributed by atoms with Crippen molar-refractivity contribution in [3.63, 3.8) is 0 Å². The zero-order chi connectivity index (χ0) is 21.4. The zero-order valence-electron chi connectivity index (χ0n) is 16.6. The van der Waals surface area contributed by atoms with Gasteiger partial charge in [-0.1, -0.05) is 0 Å². The van der Waals surface area contributed by atoms with Crippen LogP contribution in [-0.2, 0) is 28.7 Å². The molecule has 1 saturated heterocycles. The third-order valence-corrected chi connectivity index (χ3v) is 6.16. The quantitative estimate of drug-likeness (QED) is 0.533. The standard InChI is InChI=1S/C21H23N3O6/c1-11(25)22-14-4-6-15(7-5-14)23-16(26)10-30-17(27)9-24-20(28)18-12-2-3-13(8-12)19(18)21(24)29/h4-7,12-13,18-19H,2-3,8-10H2,1H3,(H,22,25)(H,23,26)/t12-,13-,18-,19+/m0/s1. The second-order valence-electron chi connectivity index (χ2n) is 8.11. The number of likely N-dealkylation sites (tertiary alicyclic amines) is 1. The molecule has 0 spiro atoms. The lowest BCUT2D eigenvalue weighted by Gasteiger charge is -2.19. The van der Waals surface area contributed by atoms with Crippen LogP contribution in [0, 0.1) is 23.7 Å². The molecule has 4 amide bonds. The Bertz CT molecular complexity index is 884. The monoisotopic (exact) mass is 413 g/mol. The van der Waals surface area contributed by atoms with E-state index in [2.05, 4.69) is 10.6 Å². The molecule has 4 rings (SSSR count). The van der Waals surface area contributed by atoms with E-state index < -0.39 is 25.0 Å². The van der Waals surface area contributed by atoms with Crippen LogP contribution in [0.15, 0.2) is 24.3 Å². The predicted molar refractivity (Wildman–Crippen MR) is 105 cm³/mol. The van der Waals surface area contributed by atoms with Gasteiger partial charge in [-0.3, -0.25) is 28.9 Å². The van der Waals surface area contributed by atoms with Crippen LogP contribution >= 0.6 is 0 Å². The van der Waals surface area contributed by atoms with Gasteiger partial charge in [-0.05, 0) is 55.4 Å². The van der Waals surface area contributed by atoms with Crippen molar-refractivity contribution < 1.29 is 28.7 Å². The van der Waals surface area contributed by atoms with Crippen molar-refractivity contribution in [2.75, 3.05) is 23.8 Å². The van der Waals surface area contributed by atoms with Gasteiger partial charge in [-0.25, -0.2) is 0 Å². The number of esters is 1. The van der Waals surface area contributed by atoms with Gasteiger partial charge in [-0.15, -0.1) is 0 Å². The van der Waals surface area contributed by atoms with E-state index in [-0.39, 0.29) is 41.4 Å². The highest BCUT2D eigenvalue weighted by Gasteiger charge is 2.61. The highest BCUT2D eigenvalue weighted by molar-refractivity contribution is 6.08. The van der Waals surface area contributed by atoms with Gasteiger partial charge in [0, 0.05) is 18.3 Å². The van der Waals surface area contributed by atoms with Gasteiger partial charge >= 0.3 is 5.97 Å². The Kier molecular flexibility index (Phi) is 5.27. The number of imide groups is 1. The maximum Gasteiger partial charge on any atom is 0.326 e. The van der Waals surface area contributed by atoms with Gasteiger partial charge in [0.2, 0.25) is 17.7 Å². The Morgan fingerprint density at radius 3 is 2.03 bits per heavy atom. The number of rotatable bonds is 6. The second-order valence-corrected chi connectivity index (χ2v) is 8.11. The van der Waals surface area contributed by atoms with Crippen LogP contribution in [-0.4, -0.2) is 47.6 Å². The molecule has 0 unspecified atom stereocenters. The number of hydrogen-bond acceptors (Lipinski definition) is 6. The Morgan fingerprint density at radius 2 is 1.50 bits per heavy atom. The molecule has 1 heterocycles. The number of carbonyl (C=O) groups is 5. The molecule has 2 N–H and O–H groups in total. The molecule has 2 bridgehead atoms. The molecular weight excluding hydrogens is 390 g/mol. The minimum atomic E-state index is -0.792. The molecule has 3 aliphatic rings. The first-order chi connectivity index (χ1) is 14.3. The summed E-state index contributed by atoms with van der Waals surface area (Å²) in [5.41, 5.74) is 1.06. The number of benzene rings is 1. The molecule has 1 aromatic carbocycles. The molecule has 4 atom stereocenters. The van der Waals surface area contributed by atoms with Crippen molar-refractivity contribution >= 4 is 41.0 Å². The van der Waals surface area contributed by atoms with Crippen molar-refractivity contribution in [2.24, 2.45) is 23.7 Å². The largest absolute Gasteiger partial charge is 0.454 e. The fourth-order valence-electron chi connectivity index (χ4n) is 4.98. The summed E-state index contributed by atoms with van der Waals surface area (Å²) in [6.07, 6.45) is 2.86. The van der Waals surface area contributed by atoms with E-state index in [0.717, 1.165) is 24.2 Å². The van der Waals surface area contributed by atoms with Crippen molar-refractivity contribution in [2.45, 2.75) is 26.2 Å². The highest BCUT2D eigenvalue weighted by Crippen LogP contribution is 2.56. The average Bonchev–Trinajstić information content (AvgIpc) is 3.38. The van der Waals surface area contributed by atoms with E-state index in [4.69, 9.17) is 4.74 Å². The molecule has 2 aliphatic carbocycles. The fourth-order valence-corrected chi connectivity index (χ4v) is 4.98. The third-order valence-electron chi connectivity index (χ3n) is 6.16. The summed E-state index contributed by atoms with van der Waals surface area (Å²) in [5, 5.41) is 5.17. The SMILES string of the molecule is CC(=O)Nc1ccc(NC(=O)COC(=O)CN2C(=O)[C@@H]3[C@H]4CC[C@@H](C4)[C@@H]3C2=O)cc1. The van der Waals surface area contributed by atoms with E-state index in [9.17, 15) is 24.0 Å². The van der Waals surface area contributed by atoms with Gasteiger partial charge in [0.25, 0.3) is 5.91 Å². The van der Waals surface area contributed by atoms with Crippen LogP contribution in [0.1, 0.15) is 26.2 Å². The topological polar surface area (TPSA) is 122 Å². The molecule has 9 nitrogen and oxygen atoms in total. The van der Waals surface area contributed by atoms with Crippen LogP contribution in [0.2, 0.25) is 0 Å². The number of hydrogen-bond donors (Lipinski definition) is 2. The van der Waals surface area contributed by atoms with Gasteiger partial charge in [-0.2, -0.15) is 0 Å². The van der Waals surface area contributed by atoms with Crippen LogP contribution in [0.5, 0.6) is 0 Å². The summed E-state index contributed by atoms with van der Waals surface area (Å²) in [7, 11) is 0. The number of amides is 4. The first kappa shape index (κ1) is 20.1. The van der Waals surface area contributed by atoms with Gasteiger partial charge < -0.3 is 15.4 Å². The summed E-state index contributed by atoms with van der Waals surface area (Å²) in [6, 6.07) is 6.44. The first-order valence-electron chi connectivity index (χ1n) is 10.0. The lowest BCUT2D eigenvalue weighted by Crippen LogP contribution is -2.38. The predicted octanol–water partition coefficient (Wildman–Crippen LogP) is 1.16. The number of fused-ring (bicyclic) bond motifs is 5. The summed E-state index contributed by atoms with van der Waals surface area (Å²) < 4.78 is 4.95. The van der Waals surface area contributed by atoms with E-state index in [1.807, 2.05) is 0 Å². The van der Waals surface area contributed by atoms with Crippen molar-refractivity contribution in [3.05, 3.63) is 24.3 Å². The van der Waals surface area contributed by atoms with Gasteiger partial charge in [0.1, 0.15) is 6.54 Å². The molecule has 0 aromatic heterocycles. The molecule has 30 heavy (non-hydrogen) atoms. The molecular formula is C21H23N3O6. The van der Waals surface area contributed by atoms with Crippen molar-refractivity contribution in [1.29, 1.82) is 0 Å². The van der Waals surface area contributed by atoms with E-state index >= 15 is 0 Å². The van der Waals surface area contributed by atoms with Crippen LogP contribution in [0.4, 0.5) is 11.4 Å². The smallest absolute Gasteiger partial charge is 0.326 e. The maximum atomic E-state index is 12.6. The first-order valence-corrected chi connectivity index (χ1v) is 10.0. The minimum Gasteiger partial charge on any atom is -0.454 e. The minimum absolute atomic E-state index is 0.204. The number of nitrogens with zero attached hydrogens (tertiary/aromatic N) is 1. The Hall–Kier alpha value is -3.23. The van der Waals surface area contributed by atoms with Crippen molar-refractivity contribution in [1.82, 2.24) is 4.90 Å². The lowest BCUT2D eigenvalue weighted by atomic mass is 9.81. The number of ether oxygens (including phenoxy) is 1. The van der Waals surface area contributed by atoms with E-state index in [0.29, 0.717) is 11.4 Å². The van der Waals surface area contributed by atoms with Gasteiger partial charge in [0.05, 0.1) is 11.8 Å². The molecule has 3 fully saturated rings. The molecule has 2 saturated carbocycles. The number of anilines is 2. The second kappa shape index (κ2) is 7.89. The van der Waals surface area contributed by atoms with Crippen molar-refractivity contribution in [3.8, 4) is 0 Å². The Labute approximate surface area is 173 Å². The molecule has 1 aliphatic heterocycles. The van der Waals surface area contributed by atoms with E-state index in [1.54, 1.807) is 24.3 Å². The molecule has 0 radical (unpaired) electrons. The zero-order valence-corrected chi connectivity index (χ0v) is 16.6. The molecule has 9 heteroatoms. The summed E-state index contributed by atoms with van der Waals surface area (Å²) in [4.78, 5) is 61.3. The Morgan fingerprint density at radius 1 is 0.967 bits per heavy atom. The van der Waals surface area contributed by atoms with Gasteiger partial charge in [0.15, 0.2) is 6.61 Å². The normalized spacial score (nSPS) is 26.5. The third kappa shape index (κ3) is 3.79. The molecule has 1 aromatic rings. The number of nitrogens with one attached hydrogen (secondary N) is 2.